The van der Waals surface area contributed by atoms with E-state index in [1.54, 1.807) is 0 Å². The molecule has 0 heterocycles. The smallest absolute Gasteiger partial charge is 0.433 e. The molecule has 2 atom stereocenters. The third kappa shape index (κ3) is 29.0. The topological polar surface area (TPSA) is 133 Å². The van der Waals surface area contributed by atoms with Crippen molar-refractivity contribution in [2.75, 3.05) is 13.2 Å². The zero-order valence-electron chi connectivity index (χ0n) is 35.3. The van der Waals surface area contributed by atoms with Crippen LogP contribution in [-0.2, 0) is 20.2 Å². The van der Waals surface area contributed by atoms with E-state index >= 15 is 0 Å². The highest BCUT2D eigenvalue weighted by Crippen LogP contribution is 2.26. The average Bonchev–Trinajstić information content (AvgIpc) is 3.24. The number of hydrogen-bond acceptors (Lipinski definition) is 8. The minimum atomic E-state index is -5.90. The molecule has 0 saturated heterocycles. The first-order valence-corrected chi connectivity index (χ1v) is 27.5. The Labute approximate surface area is 392 Å². The van der Waals surface area contributed by atoms with E-state index in [1.807, 2.05) is 0 Å². The summed E-state index contributed by atoms with van der Waals surface area (Å²) in [6.45, 7) is 6.21. The third-order valence-electron chi connectivity index (χ3n) is 8.08. The van der Waals surface area contributed by atoms with Crippen LogP contribution in [-0.4, -0.2) is 62.5 Å². The monoisotopic (exact) mass is 1180 g/mol. The number of rotatable bonds is 22. The maximum absolute atomic E-state index is 11.4. The number of benzene rings is 4. The van der Waals surface area contributed by atoms with E-state index in [1.165, 1.54) is 91.3 Å². The molecular formula is C44H54F8I2O8S2. The summed E-state index contributed by atoms with van der Waals surface area (Å²) in [5, 5.41) is 0. The molecule has 0 amide bonds. The van der Waals surface area contributed by atoms with E-state index in [0.717, 1.165) is 24.7 Å². The van der Waals surface area contributed by atoms with Crippen LogP contribution in [0.4, 0.5) is 35.1 Å². The van der Waals surface area contributed by atoms with Gasteiger partial charge in [-0.1, -0.05) is 114 Å². The van der Waals surface area contributed by atoms with Gasteiger partial charge >= 0.3 is 54.8 Å². The fourth-order valence-corrected chi connectivity index (χ4v) is 9.95. The zero-order chi connectivity index (χ0) is 48.1. The van der Waals surface area contributed by atoms with Gasteiger partial charge in [0.25, 0.3) is 11.0 Å². The van der Waals surface area contributed by atoms with Crippen molar-refractivity contribution in [1.82, 2.24) is 0 Å². The van der Waals surface area contributed by atoms with Gasteiger partial charge in [0, 0.05) is 0 Å². The van der Waals surface area contributed by atoms with Gasteiger partial charge in [-0.25, -0.2) is 25.6 Å². The third-order valence-corrected chi connectivity index (χ3v) is 15.0. The minimum Gasteiger partial charge on any atom is -0.745 e. The van der Waals surface area contributed by atoms with Gasteiger partial charge in [0.15, 0.2) is 14.3 Å². The maximum atomic E-state index is 11.4. The lowest BCUT2D eigenvalue weighted by Crippen LogP contribution is -3.61. The van der Waals surface area contributed by atoms with Crippen LogP contribution in [0.15, 0.2) is 109 Å². The summed E-state index contributed by atoms with van der Waals surface area (Å²) in [7, 11) is -11.8. The molecule has 64 heavy (non-hydrogen) atoms. The lowest BCUT2D eigenvalue weighted by molar-refractivity contribution is -0.597. The van der Waals surface area contributed by atoms with Crippen molar-refractivity contribution in [1.29, 1.82) is 0 Å². The summed E-state index contributed by atoms with van der Waals surface area (Å²) < 4.78 is 162. The Balaban J connectivity index is 0.000000457. The summed E-state index contributed by atoms with van der Waals surface area (Å²) in [4.78, 5) is 0. The van der Waals surface area contributed by atoms with Crippen LogP contribution >= 0.6 is 0 Å². The Hall–Kier alpha value is -2.80. The Morgan fingerprint density at radius 1 is 0.453 bits per heavy atom. The minimum absolute atomic E-state index is 0.0655. The van der Waals surface area contributed by atoms with E-state index in [-0.39, 0.29) is 42.4 Å². The largest absolute Gasteiger partial charge is 0.745 e. The fourth-order valence-electron chi connectivity index (χ4n) is 4.87. The lowest BCUT2D eigenvalue weighted by atomic mass is 10.1. The summed E-state index contributed by atoms with van der Waals surface area (Å²) in [6.07, 6.45) is 4.46. The zero-order valence-corrected chi connectivity index (χ0v) is 41.3. The normalized spacial score (nSPS) is 12.6. The summed E-state index contributed by atoms with van der Waals surface area (Å²) in [5.41, 5.74) is -8.64. The molecule has 360 valence electrons. The van der Waals surface area contributed by atoms with Gasteiger partial charge in [-0.05, 0) is 85.6 Å². The van der Waals surface area contributed by atoms with Gasteiger partial charge in [-0.2, -0.15) is 26.3 Å². The van der Waals surface area contributed by atoms with E-state index < -0.39 is 43.6 Å². The van der Waals surface area contributed by atoms with Gasteiger partial charge in [0.2, 0.25) is 0 Å². The van der Waals surface area contributed by atoms with Crippen molar-refractivity contribution in [2.24, 2.45) is 0 Å². The fraction of sp³-hybridized carbons (Fsp3) is 0.455. The number of halogens is 10. The first-order valence-electron chi connectivity index (χ1n) is 20.2. The molecule has 0 aliphatic heterocycles. The second-order valence-corrected chi connectivity index (χ2v) is 22.5. The Bertz CT molecular complexity index is 1870. The molecule has 0 bridgehead atoms. The molecule has 0 saturated carbocycles. The van der Waals surface area contributed by atoms with Gasteiger partial charge in [-0.15, -0.1) is 0 Å². The molecular weight excluding hydrogens is 1130 g/mol. The Morgan fingerprint density at radius 3 is 0.969 bits per heavy atom. The van der Waals surface area contributed by atoms with Crippen molar-refractivity contribution in [3.8, 4) is 11.5 Å². The molecule has 2 unspecified atom stereocenters. The van der Waals surface area contributed by atoms with Gasteiger partial charge in [-0.3, -0.25) is 0 Å². The molecule has 8 nitrogen and oxygen atoms in total. The van der Waals surface area contributed by atoms with E-state index in [9.17, 15) is 61.1 Å². The summed E-state index contributed by atoms with van der Waals surface area (Å²) in [6, 6.07) is 38.9. The molecule has 0 aliphatic rings. The van der Waals surface area contributed by atoms with Crippen LogP contribution in [0.5, 0.6) is 11.5 Å². The van der Waals surface area contributed by atoms with Crippen molar-refractivity contribution >= 4 is 20.2 Å². The molecule has 4 aromatic rings. The summed E-state index contributed by atoms with van der Waals surface area (Å²) >= 11 is -0.131. The molecule has 0 aromatic heterocycles. The van der Waals surface area contributed by atoms with Crippen LogP contribution in [0.25, 0.3) is 0 Å². The number of unbranched alkanes of at least 4 members (excludes halogenated alkanes) is 10. The quantitative estimate of drug-likeness (QED) is 0.0413. The lowest BCUT2D eigenvalue weighted by Gasteiger charge is -2.14. The predicted octanol–water partition coefficient (Wildman–Crippen LogP) is 5.89. The van der Waals surface area contributed by atoms with E-state index in [4.69, 9.17) is 9.47 Å². The highest BCUT2D eigenvalue weighted by atomic mass is 127. The van der Waals surface area contributed by atoms with Crippen molar-refractivity contribution in [3.05, 3.63) is 123 Å². The number of alkyl halides is 8. The van der Waals surface area contributed by atoms with Crippen LogP contribution in [0.2, 0.25) is 0 Å². The second kappa shape index (κ2) is 32.0. The molecule has 0 fully saturated rings. The first-order chi connectivity index (χ1) is 30.1. The Morgan fingerprint density at radius 2 is 0.719 bits per heavy atom. The van der Waals surface area contributed by atoms with Gasteiger partial charge in [0.05, 0.1) is 13.2 Å². The first kappa shape index (κ1) is 59.2. The van der Waals surface area contributed by atoms with Gasteiger partial charge < -0.3 is 18.6 Å². The maximum Gasteiger partial charge on any atom is 0.433 e. The number of hydrogen-bond donors (Lipinski definition) is 0. The highest BCUT2D eigenvalue weighted by molar-refractivity contribution is 7.86. The van der Waals surface area contributed by atoms with E-state index in [2.05, 4.69) is 123 Å². The SMILES string of the molecule is CCCCCCCCOc1ccc([I+]c2ccccc2)cc1.CCCCCCCCOc1ccc([I+]c2ccccc2)cc1.O=S(=O)([O-])C(F)C(F)(F)F.O=S(=O)([O-])C(F)C(F)(F)F. The Kier molecular flexibility index (Phi) is 29.6. The average molecular weight is 1180 g/mol. The van der Waals surface area contributed by atoms with Crippen molar-refractivity contribution in [2.45, 2.75) is 114 Å². The van der Waals surface area contributed by atoms with Crippen LogP contribution in [0.3, 0.4) is 0 Å². The van der Waals surface area contributed by atoms with Gasteiger partial charge in [0.1, 0.15) is 31.7 Å². The molecule has 4 aromatic carbocycles. The number of ether oxygens (including phenoxy) is 2. The molecule has 20 heteroatoms. The molecule has 0 N–H and O–H groups in total. The van der Waals surface area contributed by atoms with Crippen LogP contribution in [0.1, 0.15) is 90.9 Å². The molecule has 0 radical (unpaired) electrons. The standard InChI is InChI=1S/2C20H26IO.2C2H2F4O3S/c2*1-2-3-4-5-6-10-17-22-20-15-13-19(14-16-20)21-18-11-8-7-9-12-18;2*3-1(2(4,5)6)10(7,8)9/h2*7-9,11-16H,2-6,10,17H2,1H3;2*1H,(H,7,8,9)/q2*+1;;/p-2. The summed E-state index contributed by atoms with van der Waals surface area (Å²) in [5.74, 6) is 2.02. The van der Waals surface area contributed by atoms with Crippen molar-refractivity contribution < 1.29 is 113 Å². The second-order valence-electron chi connectivity index (χ2n) is 13.6. The highest BCUT2D eigenvalue weighted by Gasteiger charge is 2.45. The van der Waals surface area contributed by atoms with E-state index in [0.29, 0.717) is 0 Å². The predicted molar refractivity (Wildman–Crippen MR) is 220 cm³/mol. The molecule has 0 aliphatic carbocycles. The molecule has 4 rings (SSSR count). The van der Waals surface area contributed by atoms with Crippen molar-refractivity contribution in [3.63, 3.8) is 0 Å². The molecule has 0 spiro atoms. The van der Waals surface area contributed by atoms with Crippen LogP contribution in [0, 0.1) is 14.3 Å². The van der Waals surface area contributed by atoms with Crippen LogP contribution < -0.4 is 51.9 Å².